The van der Waals surface area contributed by atoms with Crippen LogP contribution < -0.4 is 0 Å². The van der Waals surface area contributed by atoms with Gasteiger partial charge in [0.1, 0.15) is 5.76 Å². The topological polar surface area (TPSA) is 21.6 Å². The minimum Gasteiger partial charge on any atom is -0.492 e. The lowest BCUT2D eigenvalue weighted by Crippen LogP contribution is -1.87. The van der Waals surface area contributed by atoms with Gasteiger partial charge >= 0.3 is 0 Å². The van der Waals surface area contributed by atoms with Gasteiger partial charge in [-0.15, -0.1) is 0 Å². The largest absolute Gasteiger partial charge is 0.492 e. The predicted octanol–water partition coefficient (Wildman–Crippen LogP) is 2.16. The molecule has 11 heavy (non-hydrogen) atoms. The van der Waals surface area contributed by atoms with Gasteiger partial charge in [-0.2, -0.15) is 0 Å². The van der Waals surface area contributed by atoms with Crippen LogP contribution >= 0.6 is 0 Å². The zero-order valence-corrected chi connectivity index (χ0v) is 7.26. The van der Waals surface area contributed by atoms with E-state index in [1.165, 1.54) is 12.0 Å². The van der Waals surface area contributed by atoms with E-state index in [4.69, 9.17) is 4.74 Å². The van der Waals surface area contributed by atoms with Crippen molar-refractivity contribution in [3.8, 4) is 0 Å². The van der Waals surface area contributed by atoms with E-state index in [-0.39, 0.29) is 0 Å². The Hall–Kier alpha value is -0.790. The molecule has 1 heterocycles. The van der Waals surface area contributed by atoms with E-state index in [1.54, 1.807) is 7.05 Å². The van der Waals surface area contributed by atoms with Crippen molar-refractivity contribution in [2.45, 2.75) is 26.2 Å². The lowest BCUT2D eigenvalue weighted by molar-refractivity contribution is 0.265. The molecule has 0 aromatic heterocycles. The van der Waals surface area contributed by atoms with Gasteiger partial charge in [-0.3, -0.25) is 4.99 Å². The maximum atomic E-state index is 5.39. The Morgan fingerprint density at radius 3 is 3.09 bits per heavy atom. The van der Waals surface area contributed by atoms with Gasteiger partial charge in [-0.05, 0) is 12.0 Å². The first-order valence-electron chi connectivity index (χ1n) is 4.15. The molecule has 2 heteroatoms. The number of ether oxygens (including phenoxy) is 1. The fourth-order valence-electron chi connectivity index (χ4n) is 1.31. The third-order valence-corrected chi connectivity index (χ3v) is 1.81. The second kappa shape index (κ2) is 4.16. The summed E-state index contributed by atoms with van der Waals surface area (Å²) < 4.78 is 5.39. The van der Waals surface area contributed by atoms with Crippen LogP contribution in [0, 0.1) is 0 Å². The Kier molecular flexibility index (Phi) is 3.14. The number of nitrogens with zero attached hydrogens (tertiary/aromatic N) is 1. The quantitative estimate of drug-likeness (QED) is 0.569. The maximum Gasteiger partial charge on any atom is 0.136 e. The SMILES string of the molecule is CCCC1=C(C=NC)OCC1. The number of hydrogen-bond acceptors (Lipinski definition) is 2. The summed E-state index contributed by atoms with van der Waals surface area (Å²) in [4.78, 5) is 3.94. The number of hydrogen-bond donors (Lipinski definition) is 0. The van der Waals surface area contributed by atoms with Gasteiger partial charge in [0.2, 0.25) is 0 Å². The summed E-state index contributed by atoms with van der Waals surface area (Å²) in [5, 5.41) is 0. The molecule has 1 rings (SSSR count). The van der Waals surface area contributed by atoms with Gasteiger partial charge < -0.3 is 4.74 Å². The summed E-state index contributed by atoms with van der Waals surface area (Å²) in [5.74, 6) is 1.01. The average molecular weight is 153 g/mol. The van der Waals surface area contributed by atoms with Crippen LogP contribution in [-0.4, -0.2) is 19.9 Å². The number of rotatable bonds is 3. The van der Waals surface area contributed by atoms with Crippen molar-refractivity contribution >= 4 is 6.21 Å². The number of allylic oxidation sites excluding steroid dienone is 1. The van der Waals surface area contributed by atoms with Crippen molar-refractivity contribution in [1.29, 1.82) is 0 Å². The summed E-state index contributed by atoms with van der Waals surface area (Å²) in [5.41, 5.74) is 1.43. The lowest BCUT2D eigenvalue weighted by atomic mass is 10.1. The monoisotopic (exact) mass is 153 g/mol. The summed E-state index contributed by atoms with van der Waals surface area (Å²) >= 11 is 0. The second-order valence-corrected chi connectivity index (χ2v) is 2.70. The highest BCUT2D eigenvalue weighted by Gasteiger charge is 2.12. The minimum absolute atomic E-state index is 0.844. The first kappa shape index (κ1) is 8.31. The van der Waals surface area contributed by atoms with Crippen molar-refractivity contribution in [2.75, 3.05) is 13.7 Å². The molecule has 0 saturated carbocycles. The van der Waals surface area contributed by atoms with Gasteiger partial charge in [0.25, 0.3) is 0 Å². The molecule has 0 unspecified atom stereocenters. The van der Waals surface area contributed by atoms with E-state index in [0.717, 1.165) is 25.2 Å². The highest BCUT2D eigenvalue weighted by Crippen LogP contribution is 2.21. The Bertz CT molecular complexity index is 182. The van der Waals surface area contributed by atoms with Gasteiger partial charge in [0, 0.05) is 13.5 Å². The van der Waals surface area contributed by atoms with Crippen LogP contribution in [0.5, 0.6) is 0 Å². The molecule has 0 atom stereocenters. The average Bonchev–Trinajstić information content (AvgIpc) is 2.39. The van der Waals surface area contributed by atoms with Gasteiger partial charge in [-0.1, -0.05) is 13.3 Å². The molecule has 0 radical (unpaired) electrons. The molecule has 0 aromatic rings. The zero-order valence-electron chi connectivity index (χ0n) is 7.26. The van der Waals surface area contributed by atoms with Crippen molar-refractivity contribution in [3.63, 3.8) is 0 Å². The van der Waals surface area contributed by atoms with E-state index in [2.05, 4.69) is 11.9 Å². The molecular formula is C9H15NO. The smallest absolute Gasteiger partial charge is 0.136 e. The van der Waals surface area contributed by atoms with Crippen molar-refractivity contribution in [1.82, 2.24) is 0 Å². The van der Waals surface area contributed by atoms with E-state index in [1.807, 2.05) is 6.21 Å². The molecule has 1 aliphatic heterocycles. The van der Waals surface area contributed by atoms with Crippen LogP contribution in [0.1, 0.15) is 26.2 Å². The van der Waals surface area contributed by atoms with Gasteiger partial charge in [0.05, 0.1) is 12.8 Å². The van der Waals surface area contributed by atoms with Crippen LogP contribution in [0.4, 0.5) is 0 Å². The summed E-state index contributed by atoms with van der Waals surface area (Å²) in [6.45, 7) is 3.03. The third-order valence-electron chi connectivity index (χ3n) is 1.81. The zero-order chi connectivity index (χ0) is 8.10. The number of aliphatic imine (C=N–C) groups is 1. The lowest BCUT2D eigenvalue weighted by Gasteiger charge is -1.97. The first-order valence-corrected chi connectivity index (χ1v) is 4.15. The maximum absolute atomic E-state index is 5.39. The molecule has 0 N–H and O–H groups in total. The van der Waals surface area contributed by atoms with E-state index < -0.39 is 0 Å². The molecule has 62 valence electrons. The minimum atomic E-state index is 0.844. The van der Waals surface area contributed by atoms with E-state index in [9.17, 15) is 0 Å². The second-order valence-electron chi connectivity index (χ2n) is 2.70. The Morgan fingerprint density at radius 1 is 1.64 bits per heavy atom. The first-order chi connectivity index (χ1) is 5.38. The van der Waals surface area contributed by atoms with Gasteiger partial charge in [0.15, 0.2) is 0 Å². The van der Waals surface area contributed by atoms with Crippen molar-refractivity contribution < 1.29 is 4.74 Å². The van der Waals surface area contributed by atoms with Crippen LogP contribution in [0.3, 0.4) is 0 Å². The molecule has 0 spiro atoms. The van der Waals surface area contributed by atoms with E-state index >= 15 is 0 Å². The third kappa shape index (κ3) is 2.07. The summed E-state index contributed by atoms with van der Waals surface area (Å²) in [7, 11) is 1.78. The van der Waals surface area contributed by atoms with Gasteiger partial charge in [-0.25, -0.2) is 0 Å². The predicted molar refractivity (Wildman–Crippen MR) is 46.9 cm³/mol. The summed E-state index contributed by atoms with van der Waals surface area (Å²) in [6.07, 6.45) is 5.26. The normalized spacial score (nSPS) is 18.0. The molecule has 0 bridgehead atoms. The molecule has 0 fully saturated rings. The van der Waals surface area contributed by atoms with Crippen LogP contribution in [0.2, 0.25) is 0 Å². The highest BCUT2D eigenvalue weighted by atomic mass is 16.5. The van der Waals surface area contributed by atoms with Crippen LogP contribution in [0.25, 0.3) is 0 Å². The Balaban J connectivity index is 2.61. The molecule has 1 aliphatic rings. The standard InChI is InChI=1S/C9H15NO/c1-3-4-8-5-6-11-9(8)7-10-2/h7H,3-6H2,1-2H3. The summed E-state index contributed by atoms with van der Waals surface area (Å²) in [6, 6.07) is 0. The van der Waals surface area contributed by atoms with E-state index in [0.29, 0.717) is 0 Å². The molecule has 0 saturated heterocycles. The Morgan fingerprint density at radius 2 is 2.45 bits per heavy atom. The van der Waals surface area contributed by atoms with Crippen molar-refractivity contribution in [2.24, 2.45) is 4.99 Å². The molecule has 2 nitrogen and oxygen atoms in total. The molecule has 0 amide bonds. The highest BCUT2D eigenvalue weighted by molar-refractivity contribution is 5.77. The molecule has 0 aromatic carbocycles. The molecule has 0 aliphatic carbocycles. The van der Waals surface area contributed by atoms with Crippen LogP contribution in [-0.2, 0) is 4.74 Å². The Labute approximate surface area is 68.0 Å². The van der Waals surface area contributed by atoms with Crippen LogP contribution in [0.15, 0.2) is 16.3 Å². The van der Waals surface area contributed by atoms with Crippen molar-refractivity contribution in [3.05, 3.63) is 11.3 Å². The fraction of sp³-hybridized carbons (Fsp3) is 0.667. The molecular weight excluding hydrogens is 138 g/mol. The fourth-order valence-corrected chi connectivity index (χ4v) is 1.31.